The fourth-order valence-corrected chi connectivity index (χ4v) is 1.88. The Hall–Kier alpha value is -0.130. The average Bonchev–Trinajstić information content (AvgIpc) is 1.85. The molecule has 4 nitrogen and oxygen atoms in total. The molecule has 0 bridgehead atoms. The highest BCUT2D eigenvalue weighted by Gasteiger charge is 2.40. The van der Waals surface area contributed by atoms with E-state index in [1.165, 1.54) is 6.92 Å². The minimum atomic E-state index is -4.09. The van der Waals surface area contributed by atoms with Crippen LogP contribution in [0.1, 0.15) is 27.2 Å². The fraction of sp³-hybridized carbons (Fsp3) is 1.00. The summed E-state index contributed by atoms with van der Waals surface area (Å²) in [7, 11) is -4.09. The third-order valence-electron chi connectivity index (χ3n) is 2.42. The molecule has 5 heteroatoms. The summed E-state index contributed by atoms with van der Waals surface area (Å²) in [5.74, 6) is -0.223. The van der Waals surface area contributed by atoms with Crippen molar-refractivity contribution in [2.24, 2.45) is 5.92 Å². The van der Waals surface area contributed by atoms with Crippen molar-refractivity contribution in [3.8, 4) is 0 Å². The predicted molar refractivity (Wildman–Crippen MR) is 46.5 cm³/mol. The van der Waals surface area contributed by atoms with E-state index in [1.54, 1.807) is 13.8 Å². The Bertz CT molecular complexity index is 232. The Morgan fingerprint density at radius 2 is 1.83 bits per heavy atom. The molecule has 0 aliphatic carbocycles. The zero-order valence-electron chi connectivity index (χ0n) is 7.61. The Labute approximate surface area is 73.4 Å². The summed E-state index contributed by atoms with van der Waals surface area (Å²) >= 11 is 0. The lowest BCUT2D eigenvalue weighted by Gasteiger charge is -2.29. The predicted octanol–water partition coefficient (Wildman–Crippen LogP) is 0.671. The largest absolute Gasteiger partial charge is 0.396 e. The molecule has 0 aromatic carbocycles. The quantitative estimate of drug-likeness (QED) is 0.648. The van der Waals surface area contributed by atoms with E-state index in [0.29, 0.717) is 0 Å². The van der Waals surface area contributed by atoms with Crippen molar-refractivity contribution in [2.75, 3.05) is 6.61 Å². The van der Waals surface area contributed by atoms with Crippen LogP contribution in [-0.2, 0) is 10.1 Å². The summed E-state index contributed by atoms with van der Waals surface area (Å²) < 4.78 is 29.5. The third kappa shape index (κ3) is 2.18. The molecule has 1 atom stereocenters. The molecule has 0 aromatic heterocycles. The van der Waals surface area contributed by atoms with Gasteiger partial charge in [0, 0.05) is 6.61 Å². The van der Waals surface area contributed by atoms with Crippen LogP contribution in [0.15, 0.2) is 0 Å². The Morgan fingerprint density at radius 1 is 1.42 bits per heavy atom. The lowest BCUT2D eigenvalue weighted by Crippen LogP contribution is -2.41. The van der Waals surface area contributed by atoms with Crippen molar-refractivity contribution >= 4 is 10.1 Å². The first-order valence-corrected chi connectivity index (χ1v) is 5.27. The van der Waals surface area contributed by atoms with Crippen LogP contribution in [0.3, 0.4) is 0 Å². The van der Waals surface area contributed by atoms with Crippen molar-refractivity contribution in [3.05, 3.63) is 0 Å². The van der Waals surface area contributed by atoms with Gasteiger partial charge in [-0.05, 0) is 19.3 Å². The summed E-state index contributed by atoms with van der Waals surface area (Å²) in [4.78, 5) is 0. The molecular weight excluding hydrogens is 180 g/mol. The van der Waals surface area contributed by atoms with E-state index >= 15 is 0 Å². The van der Waals surface area contributed by atoms with Crippen LogP contribution in [0, 0.1) is 5.92 Å². The van der Waals surface area contributed by atoms with Gasteiger partial charge >= 0.3 is 0 Å². The molecule has 0 radical (unpaired) electrons. The highest BCUT2D eigenvalue weighted by molar-refractivity contribution is 7.87. The van der Waals surface area contributed by atoms with Crippen LogP contribution in [0.25, 0.3) is 0 Å². The van der Waals surface area contributed by atoms with E-state index in [-0.39, 0.29) is 18.9 Å². The molecule has 0 aliphatic rings. The van der Waals surface area contributed by atoms with E-state index in [2.05, 4.69) is 0 Å². The number of hydrogen-bond donors (Lipinski definition) is 2. The van der Waals surface area contributed by atoms with E-state index in [9.17, 15) is 8.42 Å². The SMILES string of the molecule is CC(C)C(C)(CCO)S(=O)(=O)O. The lowest BCUT2D eigenvalue weighted by atomic mass is 9.94. The molecule has 2 N–H and O–H groups in total. The van der Waals surface area contributed by atoms with Crippen LogP contribution >= 0.6 is 0 Å². The molecule has 12 heavy (non-hydrogen) atoms. The molecule has 0 aromatic rings. The molecule has 0 aliphatic heterocycles. The van der Waals surface area contributed by atoms with E-state index in [0.717, 1.165) is 0 Å². The van der Waals surface area contributed by atoms with Crippen LogP contribution in [-0.4, -0.2) is 29.4 Å². The maximum absolute atomic E-state index is 10.9. The van der Waals surface area contributed by atoms with Gasteiger partial charge < -0.3 is 5.11 Å². The number of aliphatic hydroxyl groups is 1. The number of hydrogen-bond acceptors (Lipinski definition) is 3. The highest BCUT2D eigenvalue weighted by Crippen LogP contribution is 2.28. The van der Waals surface area contributed by atoms with Crippen LogP contribution in [0.2, 0.25) is 0 Å². The summed E-state index contributed by atoms with van der Waals surface area (Å²) in [5, 5.41) is 8.64. The normalized spacial score (nSPS) is 17.8. The standard InChI is InChI=1S/C7H16O4S/c1-6(2)7(3,4-5-8)12(9,10)11/h6,8H,4-5H2,1-3H3,(H,9,10,11). The fourth-order valence-electron chi connectivity index (χ4n) is 0.938. The molecule has 0 saturated heterocycles. The maximum atomic E-state index is 10.9. The van der Waals surface area contributed by atoms with Gasteiger partial charge in [-0.15, -0.1) is 0 Å². The molecular formula is C7H16O4S. The zero-order chi connectivity index (χ0) is 9.99. The van der Waals surface area contributed by atoms with E-state index < -0.39 is 14.9 Å². The van der Waals surface area contributed by atoms with Gasteiger partial charge in [-0.1, -0.05) is 13.8 Å². The second kappa shape index (κ2) is 3.72. The molecule has 0 spiro atoms. The van der Waals surface area contributed by atoms with Crippen molar-refractivity contribution in [2.45, 2.75) is 31.9 Å². The average molecular weight is 196 g/mol. The van der Waals surface area contributed by atoms with Gasteiger partial charge in [-0.2, -0.15) is 8.42 Å². The molecule has 0 rings (SSSR count). The molecule has 0 heterocycles. The first-order valence-electron chi connectivity index (χ1n) is 3.83. The van der Waals surface area contributed by atoms with Gasteiger partial charge in [-0.25, -0.2) is 0 Å². The van der Waals surface area contributed by atoms with Crippen molar-refractivity contribution in [1.82, 2.24) is 0 Å². The van der Waals surface area contributed by atoms with Gasteiger partial charge in [-0.3, -0.25) is 4.55 Å². The number of aliphatic hydroxyl groups excluding tert-OH is 1. The molecule has 74 valence electrons. The maximum Gasteiger partial charge on any atom is 0.270 e. The number of rotatable bonds is 4. The first-order chi connectivity index (χ1) is 5.25. The van der Waals surface area contributed by atoms with Gasteiger partial charge in [0.15, 0.2) is 0 Å². The molecule has 0 amide bonds. The molecule has 0 fully saturated rings. The van der Waals surface area contributed by atoms with Gasteiger partial charge in [0.2, 0.25) is 0 Å². The van der Waals surface area contributed by atoms with Crippen LogP contribution < -0.4 is 0 Å². The lowest BCUT2D eigenvalue weighted by molar-refractivity contribution is 0.242. The van der Waals surface area contributed by atoms with Crippen molar-refractivity contribution in [1.29, 1.82) is 0 Å². The second-order valence-corrected chi connectivity index (χ2v) is 5.30. The van der Waals surface area contributed by atoms with Crippen LogP contribution in [0.4, 0.5) is 0 Å². The minimum absolute atomic E-state index is 0.0590. The molecule has 0 saturated carbocycles. The van der Waals surface area contributed by atoms with Gasteiger partial charge in [0.05, 0.1) is 4.75 Å². The van der Waals surface area contributed by atoms with Crippen molar-refractivity contribution in [3.63, 3.8) is 0 Å². The summed E-state index contributed by atoms with van der Waals surface area (Å²) in [5.41, 5.74) is 0. The van der Waals surface area contributed by atoms with Gasteiger partial charge in [0.1, 0.15) is 0 Å². The van der Waals surface area contributed by atoms with Gasteiger partial charge in [0.25, 0.3) is 10.1 Å². The molecule has 1 unspecified atom stereocenters. The Morgan fingerprint density at radius 3 is 1.92 bits per heavy atom. The third-order valence-corrected chi connectivity index (χ3v) is 4.27. The summed E-state index contributed by atoms with van der Waals surface area (Å²) in [6, 6.07) is 0. The smallest absolute Gasteiger partial charge is 0.270 e. The zero-order valence-corrected chi connectivity index (χ0v) is 8.43. The van der Waals surface area contributed by atoms with Crippen molar-refractivity contribution < 1.29 is 18.1 Å². The Kier molecular flexibility index (Phi) is 3.68. The topological polar surface area (TPSA) is 74.6 Å². The monoisotopic (exact) mass is 196 g/mol. The van der Waals surface area contributed by atoms with E-state index in [1.807, 2.05) is 0 Å². The highest BCUT2D eigenvalue weighted by atomic mass is 32.2. The first kappa shape index (κ1) is 11.9. The van der Waals surface area contributed by atoms with E-state index in [4.69, 9.17) is 9.66 Å². The summed E-state index contributed by atoms with van der Waals surface area (Å²) in [6.45, 7) is 4.59. The second-order valence-electron chi connectivity index (χ2n) is 3.42. The minimum Gasteiger partial charge on any atom is -0.396 e. The Balaban J connectivity index is 4.89. The summed E-state index contributed by atoms with van der Waals surface area (Å²) in [6.07, 6.45) is 0.0590. The van der Waals surface area contributed by atoms with Crippen LogP contribution in [0.5, 0.6) is 0 Å².